The predicted molar refractivity (Wildman–Crippen MR) is 147 cm³/mol. The monoisotopic (exact) mass is 642 g/mol. The van der Waals surface area contributed by atoms with Gasteiger partial charge in [-0.15, -0.1) is 0 Å². The molecule has 1 aromatic carbocycles. The molecule has 1 aliphatic heterocycles. The van der Waals surface area contributed by atoms with Crippen LogP contribution < -0.4 is 21.3 Å². The van der Waals surface area contributed by atoms with Crippen LogP contribution in [0.2, 0.25) is 0 Å². The number of nitrogens with one attached hydrogen (secondary N) is 2. The summed E-state index contributed by atoms with van der Waals surface area (Å²) in [6.07, 6.45) is -6.42. The molecule has 0 radical (unpaired) electrons. The number of benzene rings is 1. The molecule has 1 saturated heterocycles. The topological polar surface area (TPSA) is 131 Å². The van der Waals surface area contributed by atoms with Crippen LogP contribution in [0.5, 0.6) is 0 Å². The van der Waals surface area contributed by atoms with Gasteiger partial charge in [0.2, 0.25) is 0 Å². The molecular weight excluding hydrogens is 617 g/mol. The third-order valence-corrected chi connectivity index (χ3v) is 7.12. The fraction of sp³-hybridized carbons (Fsp3) is 0.407. The van der Waals surface area contributed by atoms with Crippen molar-refractivity contribution in [1.29, 1.82) is 0 Å². The minimum atomic E-state index is -4.90. The largest absolute Gasteiger partial charge is 0.423 e. The zero-order valence-electron chi connectivity index (χ0n) is 23.5. The second kappa shape index (κ2) is 12.4. The maximum Gasteiger partial charge on any atom is 0.423 e. The number of nitrogens with zero attached hydrogens (tertiary/aromatic N) is 6. The average Bonchev–Trinajstić information content (AvgIpc) is 2.97. The maximum absolute atomic E-state index is 15.3. The molecule has 0 amide bonds. The fourth-order valence-electron chi connectivity index (χ4n) is 4.92. The van der Waals surface area contributed by atoms with Gasteiger partial charge in [-0.25, -0.2) is 24.4 Å². The Balaban J connectivity index is 1.34. The van der Waals surface area contributed by atoms with E-state index in [4.69, 9.17) is 4.74 Å². The molecule has 240 valence electrons. The Morgan fingerprint density at radius 3 is 2.47 bits per heavy atom. The molecule has 0 unspecified atom stereocenters. The number of hydrogen-bond donors (Lipinski definition) is 2. The van der Waals surface area contributed by atoms with Gasteiger partial charge < -0.3 is 15.0 Å². The average molecular weight is 643 g/mol. The first-order chi connectivity index (χ1) is 21.2. The minimum absolute atomic E-state index is 0.0561. The number of alkyl halides is 6. The summed E-state index contributed by atoms with van der Waals surface area (Å²) in [7, 11) is 0. The van der Waals surface area contributed by atoms with E-state index >= 15 is 4.39 Å². The van der Waals surface area contributed by atoms with E-state index in [0.717, 1.165) is 12.3 Å². The maximum atomic E-state index is 15.3. The van der Waals surface area contributed by atoms with Crippen LogP contribution >= 0.6 is 0 Å². The van der Waals surface area contributed by atoms with Gasteiger partial charge in [-0.1, -0.05) is 0 Å². The summed E-state index contributed by atoms with van der Waals surface area (Å²) >= 11 is 0. The van der Waals surface area contributed by atoms with E-state index < -0.39 is 58.0 Å². The van der Waals surface area contributed by atoms with Gasteiger partial charge >= 0.3 is 12.4 Å². The fourth-order valence-corrected chi connectivity index (χ4v) is 4.92. The molecule has 1 fully saturated rings. The van der Waals surface area contributed by atoms with E-state index in [1.165, 1.54) is 21.9 Å². The first kappa shape index (κ1) is 31.8. The van der Waals surface area contributed by atoms with E-state index in [-0.39, 0.29) is 61.6 Å². The van der Waals surface area contributed by atoms with Crippen LogP contribution in [0, 0.1) is 5.82 Å². The highest BCUT2D eigenvalue weighted by Crippen LogP contribution is 2.37. The Hall–Kier alpha value is -4.61. The molecule has 1 aliphatic rings. The number of halogens is 7. The highest BCUT2D eigenvalue weighted by atomic mass is 19.4. The standard InChI is InChI=1S/C27H25F7N8O3/c1-14(38-20-12-37-40-24(43)21(20)27(32,33)34)3-2-4-42-13-36-19-10-15(18(28)9-16(19)25(42)44)22-35-11-17(26(29,30)31)23(39-22)41-5-7-45-8-6-41/h9-14H,2-8H2,1H3,(H2,38,40,43)/t14-/m0/s1. The molecule has 18 heteroatoms. The van der Waals surface area contributed by atoms with E-state index in [9.17, 15) is 35.9 Å². The van der Waals surface area contributed by atoms with Crippen LogP contribution in [0.25, 0.3) is 22.3 Å². The van der Waals surface area contributed by atoms with Gasteiger partial charge in [-0.2, -0.15) is 31.4 Å². The van der Waals surface area contributed by atoms with Crippen LogP contribution in [0.1, 0.15) is 30.9 Å². The molecule has 3 aromatic heterocycles. The van der Waals surface area contributed by atoms with Crippen molar-refractivity contribution >= 4 is 22.4 Å². The summed E-state index contributed by atoms with van der Waals surface area (Å²) in [4.78, 5) is 38.2. The summed E-state index contributed by atoms with van der Waals surface area (Å²) in [6.45, 7) is 2.35. The van der Waals surface area contributed by atoms with Crippen LogP contribution in [0.3, 0.4) is 0 Å². The van der Waals surface area contributed by atoms with Gasteiger partial charge in [-0.3, -0.25) is 14.2 Å². The zero-order valence-corrected chi connectivity index (χ0v) is 23.5. The summed E-state index contributed by atoms with van der Waals surface area (Å²) in [6, 6.07) is 1.54. The third kappa shape index (κ3) is 6.89. The Kier molecular flexibility index (Phi) is 8.77. The lowest BCUT2D eigenvalue weighted by Gasteiger charge is -2.30. The molecule has 2 N–H and O–H groups in total. The lowest BCUT2D eigenvalue weighted by molar-refractivity contribution is -0.138. The van der Waals surface area contributed by atoms with Crippen molar-refractivity contribution in [3.8, 4) is 11.4 Å². The molecular formula is C27H25F7N8O3. The molecule has 1 atom stereocenters. The van der Waals surface area contributed by atoms with E-state index in [0.29, 0.717) is 12.6 Å². The second-order valence-electron chi connectivity index (χ2n) is 10.3. The Morgan fingerprint density at radius 1 is 1.04 bits per heavy atom. The minimum Gasteiger partial charge on any atom is -0.381 e. The second-order valence-corrected chi connectivity index (χ2v) is 10.3. The van der Waals surface area contributed by atoms with Crippen LogP contribution in [0.15, 0.2) is 40.4 Å². The molecule has 11 nitrogen and oxygen atoms in total. The first-order valence-corrected chi connectivity index (χ1v) is 13.6. The van der Waals surface area contributed by atoms with Crippen LogP contribution in [-0.2, 0) is 23.6 Å². The number of morpholine rings is 1. The third-order valence-electron chi connectivity index (χ3n) is 7.12. The van der Waals surface area contributed by atoms with Crippen LogP contribution in [-0.4, -0.2) is 62.1 Å². The van der Waals surface area contributed by atoms with E-state index in [1.54, 1.807) is 12.0 Å². The number of anilines is 2. The SMILES string of the molecule is C[C@@H](CCCn1cnc2cc(-c3ncc(C(F)(F)F)c(N4CCOCC4)n3)c(F)cc2c1=O)Nc1cn[nH]c(=O)c1C(F)(F)F. The van der Waals surface area contributed by atoms with Gasteiger partial charge in [0.1, 0.15) is 22.8 Å². The molecule has 4 aromatic rings. The van der Waals surface area contributed by atoms with E-state index in [2.05, 4.69) is 25.4 Å². The highest BCUT2D eigenvalue weighted by Gasteiger charge is 2.38. The van der Waals surface area contributed by atoms with Gasteiger partial charge in [0.05, 0.1) is 47.9 Å². The van der Waals surface area contributed by atoms with Crippen molar-refractivity contribution in [2.45, 2.75) is 44.7 Å². The molecule has 0 bridgehead atoms. The lowest BCUT2D eigenvalue weighted by atomic mass is 10.1. The summed E-state index contributed by atoms with van der Waals surface area (Å²) in [5.41, 5.74) is -5.14. The van der Waals surface area contributed by atoms with Gasteiger partial charge in [0, 0.05) is 31.9 Å². The van der Waals surface area contributed by atoms with Crippen molar-refractivity contribution in [2.75, 3.05) is 36.5 Å². The van der Waals surface area contributed by atoms with Crippen molar-refractivity contribution in [3.63, 3.8) is 0 Å². The molecule has 5 rings (SSSR count). The number of rotatable bonds is 8. The van der Waals surface area contributed by atoms with Crippen molar-refractivity contribution in [1.82, 2.24) is 29.7 Å². The molecule has 4 heterocycles. The molecule has 0 spiro atoms. The quantitative estimate of drug-likeness (QED) is 0.271. The highest BCUT2D eigenvalue weighted by molar-refractivity contribution is 5.82. The predicted octanol–water partition coefficient (Wildman–Crippen LogP) is 4.23. The van der Waals surface area contributed by atoms with Gasteiger partial charge in [0.25, 0.3) is 11.1 Å². The first-order valence-electron chi connectivity index (χ1n) is 13.6. The van der Waals surface area contributed by atoms with Crippen molar-refractivity contribution < 1.29 is 35.5 Å². The summed E-state index contributed by atoms with van der Waals surface area (Å²) in [5, 5.41) is 7.68. The number of fused-ring (bicyclic) bond motifs is 1. The molecule has 45 heavy (non-hydrogen) atoms. The lowest BCUT2D eigenvalue weighted by Crippen LogP contribution is -2.38. The number of H-pyrrole nitrogens is 1. The molecule has 0 saturated carbocycles. The van der Waals surface area contributed by atoms with Crippen molar-refractivity contribution in [3.05, 3.63) is 68.5 Å². The Labute approximate surface area is 249 Å². The zero-order chi connectivity index (χ0) is 32.5. The number of aryl methyl sites for hydroxylation is 1. The van der Waals surface area contributed by atoms with Gasteiger partial charge in [-0.05, 0) is 31.9 Å². The van der Waals surface area contributed by atoms with Crippen LogP contribution in [0.4, 0.5) is 42.2 Å². The Bertz CT molecular complexity index is 1820. The summed E-state index contributed by atoms with van der Waals surface area (Å²) in [5.74, 6) is -1.68. The summed E-state index contributed by atoms with van der Waals surface area (Å²) < 4.78 is 103. The smallest absolute Gasteiger partial charge is 0.381 e. The number of aromatic nitrogens is 6. The Morgan fingerprint density at radius 2 is 1.78 bits per heavy atom. The van der Waals surface area contributed by atoms with Crippen molar-refractivity contribution in [2.24, 2.45) is 0 Å². The number of ether oxygens (including phenoxy) is 1. The molecule has 0 aliphatic carbocycles. The normalized spacial score (nSPS) is 15.0. The number of aromatic amines is 1. The number of hydrogen-bond acceptors (Lipinski definition) is 9. The van der Waals surface area contributed by atoms with Gasteiger partial charge in [0.15, 0.2) is 5.82 Å². The van der Waals surface area contributed by atoms with E-state index in [1.807, 2.05) is 0 Å².